The fourth-order valence-corrected chi connectivity index (χ4v) is 2.25. The van der Waals surface area contributed by atoms with Gasteiger partial charge in [0.15, 0.2) is 0 Å². The summed E-state index contributed by atoms with van der Waals surface area (Å²) in [6.07, 6.45) is 2.50. The van der Waals surface area contributed by atoms with E-state index in [9.17, 15) is 9.90 Å². The molecule has 0 aliphatic rings. The van der Waals surface area contributed by atoms with Crippen molar-refractivity contribution in [1.29, 1.82) is 0 Å². The number of aromatic nitrogens is 2. The molecule has 0 spiro atoms. The minimum atomic E-state index is -0.955. The molecule has 18 heavy (non-hydrogen) atoms. The molecule has 1 aromatic carbocycles. The Balaban J connectivity index is 2.55. The van der Waals surface area contributed by atoms with Gasteiger partial charge in [0.05, 0.1) is 0 Å². The first-order valence-corrected chi connectivity index (χ1v) is 6.48. The molecule has 0 atom stereocenters. The fourth-order valence-electron chi connectivity index (χ4n) is 1.77. The molecule has 0 fully saturated rings. The Morgan fingerprint density at radius 2 is 2.17 bits per heavy atom. The van der Waals surface area contributed by atoms with Gasteiger partial charge in [0.1, 0.15) is 11.3 Å². The SMILES string of the molecule is CCCn1cc(C(=O)O)c(-c2ccccc2Br)n1. The molecule has 0 amide bonds. The van der Waals surface area contributed by atoms with Gasteiger partial charge in [0.2, 0.25) is 0 Å². The lowest BCUT2D eigenvalue weighted by atomic mass is 10.1. The summed E-state index contributed by atoms with van der Waals surface area (Å²) in [5.74, 6) is -0.955. The van der Waals surface area contributed by atoms with Gasteiger partial charge in [-0.25, -0.2) is 4.79 Å². The van der Waals surface area contributed by atoms with Crippen LogP contribution < -0.4 is 0 Å². The van der Waals surface area contributed by atoms with E-state index in [0.29, 0.717) is 12.2 Å². The lowest BCUT2D eigenvalue weighted by Crippen LogP contribution is -1.97. The van der Waals surface area contributed by atoms with Crippen molar-refractivity contribution in [2.24, 2.45) is 0 Å². The summed E-state index contributed by atoms with van der Waals surface area (Å²) in [6, 6.07) is 7.48. The van der Waals surface area contributed by atoms with Crippen LogP contribution in [0, 0.1) is 0 Å². The number of halogens is 1. The molecule has 2 rings (SSSR count). The van der Waals surface area contributed by atoms with Crippen molar-refractivity contribution < 1.29 is 9.90 Å². The summed E-state index contributed by atoms with van der Waals surface area (Å²) in [5.41, 5.74) is 1.53. The van der Waals surface area contributed by atoms with E-state index in [1.54, 1.807) is 10.9 Å². The maximum absolute atomic E-state index is 11.3. The number of hydrogen-bond acceptors (Lipinski definition) is 2. The minimum Gasteiger partial charge on any atom is -0.478 e. The Morgan fingerprint density at radius 3 is 2.78 bits per heavy atom. The van der Waals surface area contributed by atoms with E-state index in [2.05, 4.69) is 21.0 Å². The number of benzene rings is 1. The number of aryl methyl sites for hydroxylation is 1. The highest BCUT2D eigenvalue weighted by Gasteiger charge is 2.18. The molecule has 0 saturated heterocycles. The third kappa shape index (κ3) is 2.46. The minimum absolute atomic E-state index is 0.232. The second kappa shape index (κ2) is 5.35. The predicted molar refractivity (Wildman–Crippen MR) is 72.6 cm³/mol. The molecular weight excluding hydrogens is 296 g/mol. The van der Waals surface area contributed by atoms with Crippen molar-refractivity contribution in [3.8, 4) is 11.3 Å². The van der Waals surface area contributed by atoms with Crippen molar-refractivity contribution in [2.75, 3.05) is 0 Å². The van der Waals surface area contributed by atoms with Crippen molar-refractivity contribution >= 4 is 21.9 Å². The summed E-state index contributed by atoms with van der Waals surface area (Å²) in [5, 5.41) is 13.6. The van der Waals surface area contributed by atoms with E-state index in [-0.39, 0.29) is 5.56 Å². The highest BCUT2D eigenvalue weighted by atomic mass is 79.9. The Hall–Kier alpha value is -1.62. The van der Waals surface area contributed by atoms with Crippen LogP contribution in [0.15, 0.2) is 34.9 Å². The van der Waals surface area contributed by atoms with Crippen LogP contribution >= 0.6 is 15.9 Å². The van der Waals surface area contributed by atoms with Gasteiger partial charge in [-0.3, -0.25) is 4.68 Å². The molecule has 1 aromatic heterocycles. The molecule has 0 aliphatic carbocycles. The number of carboxylic acid groups (broad SMARTS) is 1. The van der Waals surface area contributed by atoms with Gasteiger partial charge in [0.25, 0.3) is 0 Å². The summed E-state index contributed by atoms with van der Waals surface area (Å²) < 4.78 is 2.52. The van der Waals surface area contributed by atoms with E-state index in [0.717, 1.165) is 16.5 Å². The van der Waals surface area contributed by atoms with E-state index in [4.69, 9.17) is 0 Å². The highest BCUT2D eigenvalue weighted by Crippen LogP contribution is 2.29. The van der Waals surface area contributed by atoms with E-state index < -0.39 is 5.97 Å². The third-order valence-corrected chi connectivity index (χ3v) is 3.27. The average Bonchev–Trinajstić information content (AvgIpc) is 2.74. The quantitative estimate of drug-likeness (QED) is 0.941. The Labute approximate surface area is 113 Å². The lowest BCUT2D eigenvalue weighted by Gasteiger charge is -2.01. The van der Waals surface area contributed by atoms with Gasteiger partial charge >= 0.3 is 5.97 Å². The topological polar surface area (TPSA) is 55.1 Å². The van der Waals surface area contributed by atoms with Crippen LogP contribution in [-0.2, 0) is 6.54 Å². The van der Waals surface area contributed by atoms with Crippen molar-refractivity contribution in [2.45, 2.75) is 19.9 Å². The molecule has 94 valence electrons. The van der Waals surface area contributed by atoms with Crippen LogP contribution in [0.4, 0.5) is 0 Å². The van der Waals surface area contributed by atoms with E-state index in [1.807, 2.05) is 31.2 Å². The summed E-state index contributed by atoms with van der Waals surface area (Å²) in [4.78, 5) is 11.3. The highest BCUT2D eigenvalue weighted by molar-refractivity contribution is 9.10. The number of aromatic carboxylic acids is 1. The summed E-state index contributed by atoms with van der Waals surface area (Å²) in [7, 11) is 0. The molecule has 5 heteroatoms. The van der Waals surface area contributed by atoms with Gasteiger partial charge in [-0.2, -0.15) is 5.10 Å². The normalized spacial score (nSPS) is 10.6. The van der Waals surface area contributed by atoms with Crippen molar-refractivity contribution in [3.63, 3.8) is 0 Å². The molecule has 0 aliphatic heterocycles. The van der Waals surface area contributed by atoms with Gasteiger partial charge in [0, 0.05) is 22.8 Å². The van der Waals surface area contributed by atoms with Crippen LogP contribution in [0.1, 0.15) is 23.7 Å². The zero-order valence-electron chi connectivity index (χ0n) is 9.93. The van der Waals surface area contributed by atoms with Crippen LogP contribution in [0.5, 0.6) is 0 Å². The van der Waals surface area contributed by atoms with Crippen LogP contribution in [-0.4, -0.2) is 20.9 Å². The number of rotatable bonds is 4. The van der Waals surface area contributed by atoms with Crippen LogP contribution in [0.25, 0.3) is 11.3 Å². The standard InChI is InChI=1S/C13H13BrN2O2/c1-2-7-16-8-10(13(17)18)12(15-16)9-5-3-4-6-11(9)14/h3-6,8H,2,7H2,1H3,(H,17,18). The largest absolute Gasteiger partial charge is 0.478 e. The van der Waals surface area contributed by atoms with Crippen molar-refractivity contribution in [1.82, 2.24) is 9.78 Å². The fraction of sp³-hybridized carbons (Fsp3) is 0.231. The molecule has 0 saturated carbocycles. The third-order valence-electron chi connectivity index (χ3n) is 2.57. The molecule has 0 radical (unpaired) electrons. The molecule has 0 bridgehead atoms. The smallest absolute Gasteiger partial charge is 0.339 e. The van der Waals surface area contributed by atoms with Crippen LogP contribution in [0.3, 0.4) is 0 Å². The maximum atomic E-state index is 11.3. The first kappa shape index (κ1) is 12.8. The second-order valence-corrected chi connectivity index (χ2v) is 4.79. The lowest BCUT2D eigenvalue weighted by molar-refractivity contribution is 0.0697. The number of nitrogens with zero attached hydrogens (tertiary/aromatic N) is 2. The molecule has 1 N–H and O–H groups in total. The Morgan fingerprint density at radius 1 is 1.44 bits per heavy atom. The molecule has 0 unspecified atom stereocenters. The molecular formula is C13H13BrN2O2. The predicted octanol–water partition coefficient (Wildman–Crippen LogP) is 3.42. The average molecular weight is 309 g/mol. The molecule has 2 aromatic rings. The summed E-state index contributed by atoms with van der Waals surface area (Å²) in [6.45, 7) is 2.74. The zero-order chi connectivity index (χ0) is 13.1. The van der Waals surface area contributed by atoms with Gasteiger partial charge < -0.3 is 5.11 Å². The van der Waals surface area contributed by atoms with Gasteiger partial charge in [-0.05, 0) is 12.5 Å². The molecule has 1 heterocycles. The van der Waals surface area contributed by atoms with Gasteiger partial charge in [-0.15, -0.1) is 0 Å². The number of hydrogen-bond donors (Lipinski definition) is 1. The van der Waals surface area contributed by atoms with Gasteiger partial charge in [-0.1, -0.05) is 41.1 Å². The van der Waals surface area contributed by atoms with E-state index in [1.165, 1.54) is 0 Å². The first-order chi connectivity index (χ1) is 8.63. The maximum Gasteiger partial charge on any atom is 0.339 e. The second-order valence-electron chi connectivity index (χ2n) is 3.94. The van der Waals surface area contributed by atoms with Crippen molar-refractivity contribution in [3.05, 3.63) is 40.5 Å². The van der Waals surface area contributed by atoms with E-state index >= 15 is 0 Å². The first-order valence-electron chi connectivity index (χ1n) is 5.69. The Bertz CT molecular complexity index is 578. The zero-order valence-corrected chi connectivity index (χ0v) is 11.5. The monoisotopic (exact) mass is 308 g/mol. The Kier molecular flexibility index (Phi) is 3.81. The summed E-state index contributed by atoms with van der Waals surface area (Å²) >= 11 is 3.42. The number of carbonyl (C=O) groups is 1. The molecule has 4 nitrogen and oxygen atoms in total. The van der Waals surface area contributed by atoms with Crippen LogP contribution in [0.2, 0.25) is 0 Å². The number of carboxylic acids is 1.